The molecule has 0 fully saturated rings. The number of hydrogen-bond donors (Lipinski definition) is 0. The Morgan fingerprint density at radius 1 is 0.900 bits per heavy atom. The number of carbonyl (C=O) groups excluding carboxylic acids is 2. The monoisotopic (exact) mass is 285 g/mol. The highest BCUT2D eigenvalue weighted by atomic mass is 35.5. The van der Waals surface area contributed by atoms with E-state index in [2.05, 4.69) is 0 Å². The maximum Gasteiger partial charge on any atom is 0.263 e. The first-order chi connectivity index (χ1) is 9.68. The first kappa shape index (κ1) is 12.9. The minimum absolute atomic E-state index is 0.261. The number of benzene rings is 2. The van der Waals surface area contributed by atoms with E-state index in [1.807, 2.05) is 30.3 Å². The Morgan fingerprint density at radius 3 is 2.35 bits per heavy atom. The van der Waals surface area contributed by atoms with Crippen LogP contribution in [-0.2, 0) is 6.42 Å². The van der Waals surface area contributed by atoms with E-state index in [1.165, 1.54) is 4.90 Å². The molecule has 0 saturated heterocycles. The summed E-state index contributed by atoms with van der Waals surface area (Å²) in [6.45, 7) is 0.368. The molecule has 0 spiro atoms. The molecule has 2 aromatic rings. The molecule has 2 amide bonds. The van der Waals surface area contributed by atoms with Gasteiger partial charge in [-0.2, -0.15) is 0 Å². The van der Waals surface area contributed by atoms with E-state index in [-0.39, 0.29) is 11.8 Å². The molecule has 100 valence electrons. The highest BCUT2D eigenvalue weighted by Gasteiger charge is 2.36. The molecule has 0 N–H and O–H groups in total. The van der Waals surface area contributed by atoms with Gasteiger partial charge in [0.05, 0.1) is 16.1 Å². The molecule has 1 aliphatic heterocycles. The van der Waals surface area contributed by atoms with Crippen molar-refractivity contribution in [1.29, 1.82) is 0 Å². The minimum atomic E-state index is -0.300. The van der Waals surface area contributed by atoms with Crippen LogP contribution in [0.2, 0.25) is 5.02 Å². The lowest BCUT2D eigenvalue weighted by atomic mass is 10.1. The molecule has 1 aliphatic rings. The minimum Gasteiger partial charge on any atom is -0.274 e. The molecular formula is C16H12ClNO2. The normalized spacial score (nSPS) is 13.8. The van der Waals surface area contributed by atoms with E-state index >= 15 is 0 Å². The van der Waals surface area contributed by atoms with Crippen LogP contribution in [0.4, 0.5) is 0 Å². The fourth-order valence-electron chi connectivity index (χ4n) is 2.38. The van der Waals surface area contributed by atoms with Gasteiger partial charge in [0, 0.05) is 6.54 Å². The lowest BCUT2D eigenvalue weighted by Crippen LogP contribution is -2.31. The third-order valence-electron chi connectivity index (χ3n) is 3.42. The average Bonchev–Trinajstić information content (AvgIpc) is 2.71. The van der Waals surface area contributed by atoms with Crippen molar-refractivity contribution in [3.05, 3.63) is 70.2 Å². The predicted molar refractivity (Wildman–Crippen MR) is 77.0 cm³/mol. The molecule has 3 rings (SSSR count). The molecule has 0 unspecified atom stereocenters. The number of amides is 2. The van der Waals surface area contributed by atoms with E-state index in [9.17, 15) is 9.59 Å². The maximum absolute atomic E-state index is 12.3. The molecule has 0 bridgehead atoms. The van der Waals surface area contributed by atoms with Gasteiger partial charge in [0.15, 0.2) is 0 Å². The van der Waals surface area contributed by atoms with E-state index < -0.39 is 0 Å². The third kappa shape index (κ3) is 2.10. The van der Waals surface area contributed by atoms with Gasteiger partial charge in [0.2, 0.25) is 0 Å². The zero-order valence-corrected chi connectivity index (χ0v) is 11.4. The summed E-state index contributed by atoms with van der Waals surface area (Å²) in [5, 5.41) is 0.336. The summed E-state index contributed by atoms with van der Waals surface area (Å²) in [6, 6.07) is 14.7. The zero-order valence-electron chi connectivity index (χ0n) is 10.7. The van der Waals surface area contributed by atoms with E-state index in [0.717, 1.165) is 5.56 Å². The molecular weight excluding hydrogens is 274 g/mol. The molecule has 20 heavy (non-hydrogen) atoms. The highest BCUT2D eigenvalue weighted by molar-refractivity contribution is 6.37. The van der Waals surface area contributed by atoms with Gasteiger partial charge in [-0.05, 0) is 24.1 Å². The number of nitrogens with zero attached hydrogens (tertiary/aromatic N) is 1. The van der Waals surface area contributed by atoms with Crippen LogP contribution in [-0.4, -0.2) is 23.3 Å². The van der Waals surface area contributed by atoms with E-state index in [4.69, 9.17) is 11.6 Å². The molecule has 3 nitrogen and oxygen atoms in total. The van der Waals surface area contributed by atoms with E-state index in [0.29, 0.717) is 29.1 Å². The van der Waals surface area contributed by atoms with E-state index in [1.54, 1.807) is 18.2 Å². The third-order valence-corrected chi connectivity index (χ3v) is 3.73. The summed E-state index contributed by atoms with van der Waals surface area (Å²) in [4.78, 5) is 25.8. The van der Waals surface area contributed by atoms with Crippen molar-refractivity contribution < 1.29 is 9.59 Å². The smallest absolute Gasteiger partial charge is 0.263 e. The molecule has 0 saturated carbocycles. The molecule has 0 radical (unpaired) electrons. The molecule has 0 aromatic heterocycles. The van der Waals surface area contributed by atoms with Gasteiger partial charge in [-0.1, -0.05) is 48.0 Å². The number of halogens is 1. The number of rotatable bonds is 3. The molecule has 0 aliphatic carbocycles. The summed E-state index contributed by atoms with van der Waals surface area (Å²) in [5.74, 6) is -0.560. The fourth-order valence-corrected chi connectivity index (χ4v) is 2.64. The Labute approximate surface area is 121 Å². The van der Waals surface area contributed by atoms with Crippen molar-refractivity contribution in [2.24, 2.45) is 0 Å². The summed E-state index contributed by atoms with van der Waals surface area (Å²) in [6.07, 6.45) is 0.643. The largest absolute Gasteiger partial charge is 0.274 e. The van der Waals surface area contributed by atoms with Crippen LogP contribution in [0.5, 0.6) is 0 Å². The van der Waals surface area contributed by atoms with Gasteiger partial charge in [0.1, 0.15) is 0 Å². The Hall–Kier alpha value is -2.13. The second kappa shape index (κ2) is 5.10. The molecule has 4 heteroatoms. The van der Waals surface area contributed by atoms with Crippen molar-refractivity contribution in [2.75, 3.05) is 6.54 Å². The quantitative estimate of drug-likeness (QED) is 0.812. The SMILES string of the molecule is O=C1c2cccc(Cl)c2C(=O)N1CCc1ccccc1. The predicted octanol–water partition coefficient (Wildman–Crippen LogP) is 3.18. The number of fused-ring (bicyclic) bond motifs is 1. The van der Waals surface area contributed by atoms with Gasteiger partial charge in [-0.3, -0.25) is 14.5 Å². The second-order valence-electron chi connectivity index (χ2n) is 4.66. The maximum atomic E-state index is 12.3. The Morgan fingerprint density at radius 2 is 1.65 bits per heavy atom. The van der Waals surface area contributed by atoms with Crippen molar-refractivity contribution in [3.8, 4) is 0 Å². The lowest BCUT2D eigenvalue weighted by Gasteiger charge is -2.13. The number of imide groups is 1. The standard InChI is InChI=1S/C16H12ClNO2/c17-13-8-4-7-12-14(13)16(20)18(15(12)19)10-9-11-5-2-1-3-6-11/h1-8H,9-10H2. The Bertz CT molecular complexity index is 682. The van der Waals surface area contributed by atoms with Crippen LogP contribution < -0.4 is 0 Å². The van der Waals surface area contributed by atoms with Crippen LogP contribution in [0.15, 0.2) is 48.5 Å². The van der Waals surface area contributed by atoms with Crippen molar-refractivity contribution >= 4 is 23.4 Å². The Kier molecular flexibility index (Phi) is 3.28. The summed E-state index contributed by atoms with van der Waals surface area (Å²) in [5.41, 5.74) is 1.82. The van der Waals surface area contributed by atoms with Gasteiger partial charge in [-0.25, -0.2) is 0 Å². The van der Waals surface area contributed by atoms with Crippen LogP contribution >= 0.6 is 11.6 Å². The summed E-state index contributed by atoms with van der Waals surface area (Å²) < 4.78 is 0. The first-order valence-electron chi connectivity index (χ1n) is 6.37. The second-order valence-corrected chi connectivity index (χ2v) is 5.07. The van der Waals surface area contributed by atoms with Crippen molar-refractivity contribution in [3.63, 3.8) is 0 Å². The summed E-state index contributed by atoms with van der Waals surface area (Å²) >= 11 is 6.01. The van der Waals surface area contributed by atoms with Crippen LogP contribution in [0.3, 0.4) is 0 Å². The number of carbonyl (C=O) groups is 2. The van der Waals surface area contributed by atoms with Crippen molar-refractivity contribution in [2.45, 2.75) is 6.42 Å². The Balaban J connectivity index is 1.82. The van der Waals surface area contributed by atoms with Gasteiger partial charge in [-0.15, -0.1) is 0 Å². The fraction of sp³-hybridized carbons (Fsp3) is 0.125. The first-order valence-corrected chi connectivity index (χ1v) is 6.75. The van der Waals surface area contributed by atoms with Crippen LogP contribution in [0.1, 0.15) is 26.3 Å². The van der Waals surface area contributed by atoms with Gasteiger partial charge < -0.3 is 0 Å². The summed E-state index contributed by atoms with van der Waals surface area (Å²) in [7, 11) is 0. The molecule has 1 heterocycles. The van der Waals surface area contributed by atoms with Crippen LogP contribution in [0, 0.1) is 0 Å². The van der Waals surface area contributed by atoms with Gasteiger partial charge in [0.25, 0.3) is 11.8 Å². The lowest BCUT2D eigenvalue weighted by molar-refractivity contribution is 0.0656. The number of hydrogen-bond acceptors (Lipinski definition) is 2. The topological polar surface area (TPSA) is 37.4 Å². The average molecular weight is 286 g/mol. The van der Waals surface area contributed by atoms with Crippen LogP contribution in [0.25, 0.3) is 0 Å². The zero-order chi connectivity index (χ0) is 14.1. The molecule has 2 aromatic carbocycles. The highest BCUT2D eigenvalue weighted by Crippen LogP contribution is 2.29. The molecule has 0 atom stereocenters. The van der Waals surface area contributed by atoms with Gasteiger partial charge >= 0.3 is 0 Å². The van der Waals surface area contributed by atoms with Crippen molar-refractivity contribution in [1.82, 2.24) is 4.90 Å².